The Balaban J connectivity index is -0.000000819. The number of carboxylic acid groups (broad SMARTS) is 4. The number of allylic oxidation sites excluding steroid dienone is 2. The van der Waals surface area contributed by atoms with E-state index in [1.807, 2.05) is 0 Å². The predicted octanol–water partition coefficient (Wildman–Crippen LogP) is -6.34. The maximum absolute atomic E-state index is 13.0. The number of benzene rings is 1. The van der Waals surface area contributed by atoms with Crippen molar-refractivity contribution in [1.29, 1.82) is 0 Å². The summed E-state index contributed by atoms with van der Waals surface area (Å²) in [6, 6.07) is 0. The summed E-state index contributed by atoms with van der Waals surface area (Å²) in [4.78, 5) is 93.2. The smallest absolute Gasteiger partial charge is 1.00 e. The van der Waals surface area contributed by atoms with E-state index in [9.17, 15) is 48.6 Å². The van der Waals surface area contributed by atoms with Crippen molar-refractivity contribution < 1.29 is 136 Å². The molecule has 2 aliphatic rings. The molecule has 1 heterocycles. The van der Waals surface area contributed by atoms with Crippen molar-refractivity contribution in [3.63, 3.8) is 0 Å². The van der Waals surface area contributed by atoms with E-state index >= 15 is 0 Å². The van der Waals surface area contributed by atoms with E-state index in [1.165, 1.54) is 20.8 Å². The van der Waals surface area contributed by atoms with Crippen molar-refractivity contribution in [2.24, 2.45) is 5.92 Å². The minimum Gasteiger partial charge on any atom is -1.00 e. The number of phenolic OH excluding ortho intramolecular Hbond substituents is 2. The number of carbonyl (C=O) groups excluding carboxylic acids is 4. The molecule has 47 heavy (non-hydrogen) atoms. The number of hydrogen-bond donors (Lipinski definition) is 6. The van der Waals surface area contributed by atoms with Gasteiger partial charge in [-0.05, 0) is 27.7 Å². The average molecular weight is 685 g/mol. The van der Waals surface area contributed by atoms with Gasteiger partial charge in [-0.25, -0.2) is 0 Å². The summed E-state index contributed by atoms with van der Waals surface area (Å²) in [6.07, 6.45) is 1.04. The van der Waals surface area contributed by atoms with Crippen LogP contribution in [0.2, 0.25) is 0 Å². The van der Waals surface area contributed by atoms with Gasteiger partial charge in [0, 0.05) is 24.7 Å². The summed E-state index contributed by atoms with van der Waals surface area (Å²) < 4.78 is 5.56. The third-order valence-electron chi connectivity index (χ3n) is 7.08. The monoisotopic (exact) mass is 684 g/mol. The predicted molar refractivity (Wildman–Crippen MR) is 150 cm³/mol. The van der Waals surface area contributed by atoms with Crippen molar-refractivity contribution in [2.45, 2.75) is 33.1 Å². The van der Waals surface area contributed by atoms with E-state index in [-0.39, 0.29) is 103 Å². The van der Waals surface area contributed by atoms with Crippen molar-refractivity contribution in [2.75, 3.05) is 39.3 Å². The van der Waals surface area contributed by atoms with Gasteiger partial charge < -0.3 is 38.2 Å². The van der Waals surface area contributed by atoms with Crippen LogP contribution in [0.25, 0.3) is 0 Å². The Morgan fingerprint density at radius 2 is 1.21 bits per heavy atom. The van der Waals surface area contributed by atoms with Gasteiger partial charge in [-0.15, -0.1) is 0 Å². The molecule has 2 atom stereocenters. The fourth-order valence-corrected chi connectivity index (χ4v) is 4.96. The van der Waals surface area contributed by atoms with Crippen molar-refractivity contribution >= 4 is 47.0 Å². The molecule has 0 radical (unpaired) electrons. The zero-order chi connectivity index (χ0) is 34.5. The number of carboxylic acids is 4. The number of fused-ring (bicyclic) bond motifs is 3. The third kappa shape index (κ3) is 10.2. The van der Waals surface area contributed by atoms with Crippen LogP contribution in [0.5, 0.6) is 17.2 Å². The van der Waals surface area contributed by atoms with Gasteiger partial charge in [-0.3, -0.25) is 48.2 Å². The maximum atomic E-state index is 13.0. The number of hydrogen-bond acceptors (Lipinski definition) is 13. The molecule has 0 saturated carbocycles. The number of rotatable bonds is 13. The first-order valence-electron chi connectivity index (χ1n) is 13.1. The van der Waals surface area contributed by atoms with Crippen LogP contribution in [0.4, 0.5) is 0 Å². The Kier molecular flexibility index (Phi) is 16.6. The molecule has 1 aliphatic carbocycles. The molecule has 3 rings (SSSR count). The Bertz CT molecular complexity index is 1470. The molecule has 0 spiro atoms. The first-order valence-corrected chi connectivity index (χ1v) is 13.1. The van der Waals surface area contributed by atoms with Gasteiger partial charge in [0.1, 0.15) is 45.7 Å². The van der Waals surface area contributed by atoms with Crippen LogP contribution in [0.3, 0.4) is 0 Å². The summed E-state index contributed by atoms with van der Waals surface area (Å²) >= 11 is 0. The molecule has 0 aromatic heterocycles. The standard InChI is InChI=1S/C18H16O7.C10H16N2O8.2Na.2H/c1-6-14(22)12(8(3)20)16-13(15(6)23)18(4)10(25-16)5-9(21)11(7(2)19)17(18)24;13-7(14)3-11(4-8(15)16)1-2-12(5-9(17)18)6-10(19)20;;;;/h5,11,22-23H,1-4H3;1-6H2,(H,13,14)(H,15,16)(H,17,18)(H,19,20);;;;/q;;2*+1;2*-1. The minimum atomic E-state index is -1.59. The molecule has 0 fully saturated rings. The van der Waals surface area contributed by atoms with Crippen LogP contribution in [0, 0.1) is 12.8 Å². The van der Waals surface area contributed by atoms with Gasteiger partial charge in [-0.2, -0.15) is 0 Å². The van der Waals surface area contributed by atoms with Gasteiger partial charge in [0.05, 0.1) is 31.7 Å². The molecule has 0 saturated heterocycles. The topological polar surface area (TPSA) is 274 Å². The first kappa shape index (κ1) is 43.8. The molecule has 2 unspecified atom stereocenters. The van der Waals surface area contributed by atoms with Crippen LogP contribution in [0.1, 0.15) is 45.1 Å². The second kappa shape index (κ2) is 17.8. The van der Waals surface area contributed by atoms with Gasteiger partial charge in [0.2, 0.25) is 0 Å². The van der Waals surface area contributed by atoms with Crippen LogP contribution < -0.4 is 63.9 Å². The molecule has 6 N–H and O–H groups in total. The molecular weight excluding hydrogens is 650 g/mol. The summed E-state index contributed by atoms with van der Waals surface area (Å²) in [5.41, 5.74) is -1.77. The van der Waals surface area contributed by atoms with E-state index in [1.54, 1.807) is 0 Å². The first-order chi connectivity index (χ1) is 20.7. The summed E-state index contributed by atoms with van der Waals surface area (Å²) in [6.45, 7) is 2.92. The average Bonchev–Trinajstić information content (AvgIpc) is 3.17. The normalized spacial score (nSPS) is 17.5. The van der Waals surface area contributed by atoms with Crippen LogP contribution in [0.15, 0.2) is 11.8 Å². The van der Waals surface area contributed by atoms with Crippen LogP contribution in [-0.4, -0.2) is 127 Å². The Hall–Kier alpha value is -3.16. The summed E-state index contributed by atoms with van der Waals surface area (Å²) in [7, 11) is 0. The SMILES string of the molecule is CC(=O)c1c(O)c(C)c(O)c2c1OC1=CC(=O)C(C(C)=O)C(=O)C12C.O=C(O)CN(CCN(CC(=O)O)CC(=O)O)CC(=O)O.[H-].[H-].[Na+].[Na+]. The quantitative estimate of drug-likeness (QED) is 0.0640. The molecule has 1 aromatic carbocycles. The van der Waals surface area contributed by atoms with Crippen LogP contribution >= 0.6 is 0 Å². The molecule has 0 bridgehead atoms. The van der Waals surface area contributed by atoms with E-state index in [0.717, 1.165) is 22.8 Å². The minimum absolute atomic E-state index is 0. The zero-order valence-electron chi connectivity index (χ0n) is 28.6. The largest absolute Gasteiger partial charge is 1.00 e. The second-order valence-electron chi connectivity index (χ2n) is 10.5. The van der Waals surface area contributed by atoms with E-state index in [0.29, 0.717) is 0 Å². The number of ketones is 4. The molecule has 17 nitrogen and oxygen atoms in total. The van der Waals surface area contributed by atoms with Crippen molar-refractivity contribution in [3.05, 3.63) is 28.5 Å². The van der Waals surface area contributed by atoms with Crippen LogP contribution in [-0.2, 0) is 39.0 Å². The molecule has 19 heteroatoms. The van der Waals surface area contributed by atoms with Gasteiger partial charge >= 0.3 is 83.0 Å². The number of carbonyl (C=O) groups is 8. The Morgan fingerprint density at radius 1 is 0.809 bits per heavy atom. The van der Waals surface area contributed by atoms with Crippen molar-refractivity contribution in [3.8, 4) is 17.2 Å². The number of aliphatic carboxylic acids is 4. The fourth-order valence-electron chi connectivity index (χ4n) is 4.96. The van der Waals surface area contributed by atoms with E-state index in [4.69, 9.17) is 25.2 Å². The number of Topliss-reactive ketones (excluding diaryl/α,β-unsaturated/α-hetero) is 3. The van der Waals surface area contributed by atoms with Gasteiger partial charge in [0.25, 0.3) is 0 Å². The number of aromatic hydroxyl groups is 2. The van der Waals surface area contributed by atoms with Gasteiger partial charge in [-0.1, -0.05) is 0 Å². The summed E-state index contributed by atoms with van der Waals surface area (Å²) in [5.74, 6) is -10.1. The zero-order valence-corrected chi connectivity index (χ0v) is 30.6. The Morgan fingerprint density at radius 3 is 1.55 bits per heavy atom. The van der Waals surface area contributed by atoms with E-state index < -0.39 is 96.0 Å². The fraction of sp³-hybridized carbons (Fsp3) is 0.429. The molecule has 1 aromatic rings. The Labute approximate surface area is 314 Å². The third-order valence-corrected chi connectivity index (χ3v) is 7.08. The van der Waals surface area contributed by atoms with Gasteiger partial charge in [0.15, 0.2) is 17.3 Å². The molecule has 1 aliphatic heterocycles. The molecular formula is C28H34N2Na2O15. The van der Waals surface area contributed by atoms with E-state index in [2.05, 4.69) is 0 Å². The molecule has 0 amide bonds. The number of ether oxygens (including phenoxy) is 1. The molecule has 248 valence electrons. The van der Waals surface area contributed by atoms with Crippen molar-refractivity contribution in [1.82, 2.24) is 9.80 Å². The maximum Gasteiger partial charge on any atom is 1.00 e. The summed E-state index contributed by atoms with van der Waals surface area (Å²) in [5, 5.41) is 55.2. The second-order valence-corrected chi connectivity index (χ2v) is 10.5. The number of phenols is 2. The number of nitrogens with zero attached hydrogens (tertiary/aromatic N) is 2.